The highest BCUT2D eigenvalue weighted by molar-refractivity contribution is 5.80. The molecule has 0 bridgehead atoms. The van der Waals surface area contributed by atoms with Crippen molar-refractivity contribution in [2.45, 2.75) is 44.4 Å². The summed E-state index contributed by atoms with van der Waals surface area (Å²) in [5.74, 6) is 2.51. The number of nitrogens with one attached hydrogen (secondary N) is 2. The molecule has 0 saturated carbocycles. The van der Waals surface area contributed by atoms with Gasteiger partial charge in [-0.1, -0.05) is 0 Å². The normalized spacial score (nSPS) is 26.6. The number of aliphatic imine (C=N–C) groups is 1. The molecule has 8 heteroatoms. The topological polar surface area (TPSA) is 70.6 Å². The number of guanidine groups is 1. The van der Waals surface area contributed by atoms with Gasteiger partial charge < -0.3 is 29.7 Å². The van der Waals surface area contributed by atoms with E-state index >= 15 is 0 Å². The Morgan fingerprint density at radius 3 is 2.68 bits per heavy atom. The van der Waals surface area contributed by atoms with E-state index in [0.29, 0.717) is 18.6 Å². The Morgan fingerprint density at radius 1 is 1.13 bits per heavy atom. The summed E-state index contributed by atoms with van der Waals surface area (Å²) in [6, 6.07) is 7.01. The van der Waals surface area contributed by atoms with Crippen LogP contribution in [0.1, 0.15) is 26.2 Å². The van der Waals surface area contributed by atoms with E-state index in [2.05, 4.69) is 39.5 Å². The molecule has 0 aromatic heterocycles. The fourth-order valence-corrected chi connectivity index (χ4v) is 4.79. The van der Waals surface area contributed by atoms with Gasteiger partial charge in [-0.3, -0.25) is 9.89 Å². The van der Waals surface area contributed by atoms with E-state index in [1.165, 1.54) is 19.4 Å². The number of benzene rings is 1. The Labute approximate surface area is 185 Å². The van der Waals surface area contributed by atoms with Crippen LogP contribution in [0.2, 0.25) is 0 Å². The molecule has 0 spiro atoms. The number of rotatable bonds is 7. The van der Waals surface area contributed by atoms with Gasteiger partial charge in [0.2, 0.25) is 0 Å². The van der Waals surface area contributed by atoms with Gasteiger partial charge in [-0.25, -0.2) is 0 Å². The van der Waals surface area contributed by atoms with E-state index in [0.717, 1.165) is 62.4 Å². The minimum Gasteiger partial charge on any atom is -0.497 e. The highest BCUT2D eigenvalue weighted by atomic mass is 16.5. The molecule has 3 saturated heterocycles. The first kappa shape index (κ1) is 22.0. The minimum absolute atomic E-state index is 0.189. The van der Waals surface area contributed by atoms with Crippen LogP contribution in [0.5, 0.6) is 11.5 Å². The lowest BCUT2D eigenvalue weighted by Gasteiger charge is -2.34. The van der Waals surface area contributed by atoms with Crippen molar-refractivity contribution in [3.8, 4) is 11.5 Å². The van der Waals surface area contributed by atoms with Gasteiger partial charge in [-0.15, -0.1) is 0 Å². The molecule has 4 rings (SSSR count). The minimum atomic E-state index is 0.189. The average Bonchev–Trinajstić information content (AvgIpc) is 3.46. The van der Waals surface area contributed by atoms with Crippen molar-refractivity contribution in [3.05, 3.63) is 18.2 Å². The second kappa shape index (κ2) is 10.4. The van der Waals surface area contributed by atoms with Crippen molar-refractivity contribution in [2.75, 3.05) is 65.0 Å². The molecule has 3 unspecified atom stereocenters. The summed E-state index contributed by atoms with van der Waals surface area (Å²) in [4.78, 5) is 9.79. The van der Waals surface area contributed by atoms with E-state index < -0.39 is 0 Å². The smallest absolute Gasteiger partial charge is 0.191 e. The molecule has 0 amide bonds. The second-order valence-electron chi connectivity index (χ2n) is 8.61. The maximum Gasteiger partial charge on any atom is 0.191 e. The zero-order valence-corrected chi connectivity index (χ0v) is 19.1. The molecule has 3 fully saturated rings. The summed E-state index contributed by atoms with van der Waals surface area (Å²) < 4.78 is 16.9. The van der Waals surface area contributed by atoms with E-state index in [1.807, 2.05) is 6.07 Å². The molecule has 8 nitrogen and oxygen atoms in total. The third-order valence-electron chi connectivity index (χ3n) is 6.49. The van der Waals surface area contributed by atoms with Crippen molar-refractivity contribution in [3.63, 3.8) is 0 Å². The van der Waals surface area contributed by atoms with Crippen LogP contribution in [0.15, 0.2) is 23.2 Å². The molecule has 3 atom stereocenters. The van der Waals surface area contributed by atoms with Crippen molar-refractivity contribution >= 4 is 11.6 Å². The standard InChI is InChI=1S/C23H37N5O3/c1-4-24-23(25-13-22-15-27-8-5-6-18(27)16-31-22)26-17-7-9-28(14-17)19-10-20(29-2)12-21(11-19)30-3/h10-12,17-18,22H,4-9,13-16H2,1-3H3,(H2,24,25,26). The summed E-state index contributed by atoms with van der Waals surface area (Å²) in [5.41, 5.74) is 1.12. The SMILES string of the molecule is CCNC(=NCC1CN2CCCC2CO1)NC1CCN(c2cc(OC)cc(OC)c2)C1. The molecular formula is C23H37N5O3. The first-order chi connectivity index (χ1) is 15.2. The first-order valence-corrected chi connectivity index (χ1v) is 11.6. The van der Waals surface area contributed by atoms with Crippen LogP contribution in [-0.4, -0.2) is 89.1 Å². The molecule has 3 heterocycles. The lowest BCUT2D eigenvalue weighted by molar-refractivity contribution is -0.0432. The van der Waals surface area contributed by atoms with Crippen LogP contribution in [0.25, 0.3) is 0 Å². The van der Waals surface area contributed by atoms with E-state index in [1.54, 1.807) is 14.2 Å². The van der Waals surface area contributed by atoms with Crippen molar-refractivity contribution < 1.29 is 14.2 Å². The van der Waals surface area contributed by atoms with Crippen LogP contribution >= 0.6 is 0 Å². The highest BCUT2D eigenvalue weighted by Crippen LogP contribution is 2.30. The summed E-state index contributed by atoms with van der Waals surface area (Å²) in [6.07, 6.45) is 3.82. The Hall–Kier alpha value is -2.19. The number of ether oxygens (including phenoxy) is 3. The summed E-state index contributed by atoms with van der Waals surface area (Å²) in [5, 5.41) is 7.02. The van der Waals surface area contributed by atoms with Gasteiger partial charge in [0.1, 0.15) is 11.5 Å². The van der Waals surface area contributed by atoms with Gasteiger partial charge in [0, 0.05) is 62.1 Å². The van der Waals surface area contributed by atoms with Crippen molar-refractivity contribution in [1.29, 1.82) is 0 Å². The number of hydrogen-bond acceptors (Lipinski definition) is 6. The number of morpholine rings is 1. The highest BCUT2D eigenvalue weighted by Gasteiger charge is 2.32. The van der Waals surface area contributed by atoms with E-state index in [4.69, 9.17) is 19.2 Å². The van der Waals surface area contributed by atoms with Crippen molar-refractivity contribution in [1.82, 2.24) is 15.5 Å². The van der Waals surface area contributed by atoms with Crippen molar-refractivity contribution in [2.24, 2.45) is 4.99 Å². The van der Waals surface area contributed by atoms with E-state index in [-0.39, 0.29) is 6.10 Å². The number of fused-ring (bicyclic) bond motifs is 1. The third kappa shape index (κ3) is 5.54. The van der Waals surface area contributed by atoms with Crippen LogP contribution < -0.4 is 25.0 Å². The molecule has 1 aromatic carbocycles. The van der Waals surface area contributed by atoms with Crippen LogP contribution in [0, 0.1) is 0 Å². The van der Waals surface area contributed by atoms with Gasteiger partial charge in [-0.05, 0) is 32.7 Å². The Morgan fingerprint density at radius 2 is 1.94 bits per heavy atom. The zero-order chi connectivity index (χ0) is 21.6. The van der Waals surface area contributed by atoms with Gasteiger partial charge in [0.25, 0.3) is 0 Å². The predicted molar refractivity (Wildman–Crippen MR) is 124 cm³/mol. The largest absolute Gasteiger partial charge is 0.497 e. The molecule has 3 aliphatic heterocycles. The third-order valence-corrected chi connectivity index (χ3v) is 6.49. The van der Waals surface area contributed by atoms with Crippen LogP contribution in [0.3, 0.4) is 0 Å². The monoisotopic (exact) mass is 431 g/mol. The van der Waals surface area contributed by atoms with Crippen LogP contribution in [0.4, 0.5) is 5.69 Å². The fraction of sp³-hybridized carbons (Fsp3) is 0.696. The maximum atomic E-state index is 6.07. The fourth-order valence-electron chi connectivity index (χ4n) is 4.79. The van der Waals surface area contributed by atoms with Gasteiger partial charge >= 0.3 is 0 Å². The predicted octanol–water partition coefficient (Wildman–Crippen LogP) is 1.70. The molecule has 0 radical (unpaired) electrons. The molecule has 172 valence electrons. The van der Waals surface area contributed by atoms with E-state index in [9.17, 15) is 0 Å². The molecule has 0 aliphatic carbocycles. The molecule has 3 aliphatic rings. The number of anilines is 1. The van der Waals surface area contributed by atoms with Gasteiger partial charge in [0.15, 0.2) is 5.96 Å². The first-order valence-electron chi connectivity index (χ1n) is 11.6. The average molecular weight is 432 g/mol. The number of methoxy groups -OCH3 is 2. The molecule has 31 heavy (non-hydrogen) atoms. The zero-order valence-electron chi connectivity index (χ0n) is 19.1. The number of nitrogens with zero attached hydrogens (tertiary/aromatic N) is 3. The molecule has 1 aromatic rings. The lowest BCUT2D eigenvalue weighted by atomic mass is 10.2. The van der Waals surface area contributed by atoms with Gasteiger partial charge in [0.05, 0.1) is 33.5 Å². The Bertz CT molecular complexity index is 736. The maximum absolute atomic E-state index is 6.07. The summed E-state index contributed by atoms with van der Waals surface area (Å²) in [6.45, 7) is 8.60. The summed E-state index contributed by atoms with van der Waals surface area (Å²) >= 11 is 0. The molecular weight excluding hydrogens is 394 g/mol. The quantitative estimate of drug-likeness (QED) is 0.503. The number of hydrogen-bond donors (Lipinski definition) is 2. The summed E-state index contributed by atoms with van der Waals surface area (Å²) in [7, 11) is 3.37. The Kier molecular flexibility index (Phi) is 7.40. The Balaban J connectivity index is 1.33. The lowest BCUT2D eigenvalue weighted by Crippen LogP contribution is -2.48. The van der Waals surface area contributed by atoms with Crippen LogP contribution in [-0.2, 0) is 4.74 Å². The second-order valence-corrected chi connectivity index (χ2v) is 8.61. The van der Waals surface area contributed by atoms with Gasteiger partial charge in [-0.2, -0.15) is 0 Å². The molecule has 2 N–H and O–H groups in total.